The van der Waals surface area contributed by atoms with E-state index in [2.05, 4.69) is 28.7 Å². The van der Waals surface area contributed by atoms with E-state index in [1.54, 1.807) is 7.11 Å². The highest BCUT2D eigenvalue weighted by Gasteiger charge is 2.21. The highest BCUT2D eigenvalue weighted by molar-refractivity contribution is 6.32. The summed E-state index contributed by atoms with van der Waals surface area (Å²) in [5.41, 5.74) is 0.340. The largest absolute Gasteiger partial charge is 0.383 e. The topological polar surface area (TPSA) is 55.3 Å². The second-order valence-corrected chi connectivity index (χ2v) is 4.53. The lowest BCUT2D eigenvalue weighted by atomic mass is 10.1. The number of hydrogen-bond acceptors (Lipinski definition) is 5. The molecule has 0 spiro atoms. The van der Waals surface area contributed by atoms with Crippen LogP contribution in [0.15, 0.2) is 6.33 Å². The van der Waals surface area contributed by atoms with Crippen molar-refractivity contribution in [3.05, 3.63) is 17.0 Å². The fraction of sp³-hybridized carbons (Fsp3) is 0.615. The van der Waals surface area contributed by atoms with Crippen molar-refractivity contribution in [1.29, 1.82) is 0 Å². The number of nitrogens with zero attached hydrogens (tertiary/aromatic N) is 3. The lowest BCUT2D eigenvalue weighted by Crippen LogP contribution is -2.38. The second kappa shape index (κ2) is 8.07. The highest BCUT2D eigenvalue weighted by atomic mass is 35.5. The predicted octanol–water partition coefficient (Wildman–Crippen LogP) is 2.58. The minimum atomic E-state index is 0.188. The number of rotatable bonds is 8. The molecule has 0 amide bonds. The molecule has 0 radical (unpaired) electrons. The smallest absolute Gasteiger partial charge is 0.156 e. The Balaban J connectivity index is 3.15. The summed E-state index contributed by atoms with van der Waals surface area (Å²) in [5.74, 6) is 0.584. The summed E-state index contributed by atoms with van der Waals surface area (Å²) in [6.45, 7) is 5.45. The quantitative estimate of drug-likeness (QED) is 0.543. The van der Waals surface area contributed by atoms with Crippen molar-refractivity contribution in [1.82, 2.24) is 9.97 Å². The minimum absolute atomic E-state index is 0.188. The van der Waals surface area contributed by atoms with Crippen LogP contribution < -0.4 is 4.90 Å². The Morgan fingerprint density at radius 1 is 1.42 bits per heavy atom. The van der Waals surface area contributed by atoms with Crippen molar-refractivity contribution < 1.29 is 9.53 Å². The molecule has 1 heterocycles. The van der Waals surface area contributed by atoms with Crippen molar-refractivity contribution in [3.8, 4) is 0 Å². The molecule has 1 rings (SSSR count). The molecule has 0 aliphatic carbocycles. The molecule has 0 aliphatic heterocycles. The summed E-state index contributed by atoms with van der Waals surface area (Å²) < 4.78 is 5.13. The van der Waals surface area contributed by atoms with Crippen LogP contribution in [-0.4, -0.2) is 42.6 Å². The standard InChI is InChI=1S/C13H20ClN3O2/c1-4-10(5-2)17(6-7-19-3)13-11(8-18)12(14)15-9-16-13/h8-10H,4-7H2,1-3H3. The van der Waals surface area contributed by atoms with Gasteiger partial charge in [0.2, 0.25) is 0 Å². The van der Waals surface area contributed by atoms with E-state index in [9.17, 15) is 4.79 Å². The monoisotopic (exact) mass is 285 g/mol. The Kier molecular flexibility index (Phi) is 6.73. The third-order valence-electron chi connectivity index (χ3n) is 3.12. The van der Waals surface area contributed by atoms with Crippen LogP contribution in [0.3, 0.4) is 0 Å². The number of aromatic nitrogens is 2. The van der Waals surface area contributed by atoms with Crippen molar-refractivity contribution in [2.75, 3.05) is 25.2 Å². The minimum Gasteiger partial charge on any atom is -0.383 e. The molecule has 1 aromatic heterocycles. The Labute approximate surface area is 118 Å². The fourth-order valence-corrected chi connectivity index (χ4v) is 2.25. The van der Waals surface area contributed by atoms with E-state index in [4.69, 9.17) is 16.3 Å². The maximum absolute atomic E-state index is 11.2. The number of ether oxygens (including phenoxy) is 1. The Bertz CT molecular complexity index is 411. The summed E-state index contributed by atoms with van der Waals surface area (Å²) in [6, 6.07) is 0.291. The van der Waals surface area contributed by atoms with Gasteiger partial charge >= 0.3 is 0 Å². The first-order valence-electron chi connectivity index (χ1n) is 6.40. The van der Waals surface area contributed by atoms with Crippen molar-refractivity contribution in [2.24, 2.45) is 0 Å². The number of hydrogen-bond donors (Lipinski definition) is 0. The van der Waals surface area contributed by atoms with Crippen LogP contribution in [0.4, 0.5) is 5.82 Å². The summed E-state index contributed by atoms with van der Waals surface area (Å²) in [7, 11) is 1.65. The van der Waals surface area contributed by atoms with E-state index >= 15 is 0 Å². The van der Waals surface area contributed by atoms with Crippen LogP contribution >= 0.6 is 11.6 Å². The van der Waals surface area contributed by atoms with E-state index in [1.165, 1.54) is 6.33 Å². The highest BCUT2D eigenvalue weighted by Crippen LogP contribution is 2.24. The fourth-order valence-electron chi connectivity index (χ4n) is 2.08. The Morgan fingerprint density at radius 3 is 2.63 bits per heavy atom. The van der Waals surface area contributed by atoms with E-state index in [0.29, 0.717) is 36.9 Å². The lowest BCUT2D eigenvalue weighted by Gasteiger charge is -2.32. The number of aldehydes is 1. The van der Waals surface area contributed by atoms with E-state index in [0.717, 1.165) is 12.8 Å². The molecule has 0 atom stereocenters. The van der Waals surface area contributed by atoms with Gasteiger partial charge in [-0.1, -0.05) is 25.4 Å². The normalized spacial score (nSPS) is 10.8. The van der Waals surface area contributed by atoms with Crippen molar-refractivity contribution in [3.63, 3.8) is 0 Å². The molecule has 19 heavy (non-hydrogen) atoms. The zero-order valence-electron chi connectivity index (χ0n) is 11.6. The van der Waals surface area contributed by atoms with Crippen LogP contribution in [0.1, 0.15) is 37.0 Å². The van der Waals surface area contributed by atoms with Gasteiger partial charge < -0.3 is 9.64 Å². The summed E-state index contributed by atoms with van der Waals surface area (Å²) in [5, 5.41) is 0.188. The van der Waals surface area contributed by atoms with E-state index in [-0.39, 0.29) is 5.15 Å². The average molecular weight is 286 g/mol. The van der Waals surface area contributed by atoms with E-state index < -0.39 is 0 Å². The number of halogens is 1. The van der Waals surface area contributed by atoms with Gasteiger partial charge in [0.25, 0.3) is 0 Å². The van der Waals surface area contributed by atoms with Gasteiger partial charge in [0.1, 0.15) is 17.3 Å². The molecular weight excluding hydrogens is 266 g/mol. The zero-order chi connectivity index (χ0) is 14.3. The van der Waals surface area contributed by atoms with Gasteiger partial charge in [0.15, 0.2) is 6.29 Å². The summed E-state index contributed by atoms with van der Waals surface area (Å²) in [6.07, 6.45) is 4.01. The molecule has 0 aromatic carbocycles. The first kappa shape index (κ1) is 15.9. The van der Waals surface area contributed by atoms with Crippen LogP contribution in [0.25, 0.3) is 0 Å². The molecule has 0 N–H and O–H groups in total. The molecule has 0 aliphatic rings. The third-order valence-corrected chi connectivity index (χ3v) is 3.42. The molecule has 0 fully saturated rings. The van der Waals surface area contributed by atoms with Crippen LogP contribution in [-0.2, 0) is 4.74 Å². The number of carbonyl (C=O) groups excluding carboxylic acids is 1. The summed E-state index contributed by atoms with van der Waals surface area (Å²) in [4.78, 5) is 21.3. The van der Waals surface area contributed by atoms with Gasteiger partial charge in [-0.15, -0.1) is 0 Å². The van der Waals surface area contributed by atoms with Gasteiger partial charge in [-0.25, -0.2) is 9.97 Å². The van der Waals surface area contributed by atoms with Gasteiger partial charge in [0.05, 0.1) is 12.2 Å². The second-order valence-electron chi connectivity index (χ2n) is 4.18. The molecule has 0 saturated heterocycles. The van der Waals surface area contributed by atoms with Gasteiger partial charge in [-0.2, -0.15) is 0 Å². The Morgan fingerprint density at radius 2 is 2.11 bits per heavy atom. The summed E-state index contributed by atoms with van der Waals surface area (Å²) >= 11 is 5.96. The molecule has 1 aromatic rings. The van der Waals surface area contributed by atoms with Gasteiger partial charge in [-0.05, 0) is 12.8 Å². The molecule has 6 heteroatoms. The molecule has 0 saturated carbocycles. The maximum Gasteiger partial charge on any atom is 0.156 e. The number of carbonyl (C=O) groups is 1. The molecule has 0 unspecified atom stereocenters. The van der Waals surface area contributed by atoms with Crippen molar-refractivity contribution >= 4 is 23.7 Å². The molecule has 0 bridgehead atoms. The van der Waals surface area contributed by atoms with Crippen LogP contribution in [0.2, 0.25) is 5.15 Å². The number of anilines is 1. The first-order chi connectivity index (χ1) is 9.19. The predicted molar refractivity (Wildman–Crippen MR) is 76.0 cm³/mol. The van der Waals surface area contributed by atoms with Crippen LogP contribution in [0, 0.1) is 0 Å². The van der Waals surface area contributed by atoms with Gasteiger partial charge in [0, 0.05) is 19.7 Å². The molecule has 106 valence electrons. The molecule has 5 nitrogen and oxygen atoms in total. The first-order valence-corrected chi connectivity index (χ1v) is 6.78. The van der Waals surface area contributed by atoms with Crippen molar-refractivity contribution in [2.45, 2.75) is 32.7 Å². The van der Waals surface area contributed by atoms with Gasteiger partial charge in [-0.3, -0.25) is 4.79 Å². The lowest BCUT2D eigenvalue weighted by molar-refractivity contribution is 0.112. The maximum atomic E-state index is 11.2. The Hall–Kier alpha value is -1.20. The SMILES string of the molecule is CCC(CC)N(CCOC)c1ncnc(Cl)c1C=O. The van der Waals surface area contributed by atoms with Crippen LogP contribution in [0.5, 0.6) is 0 Å². The zero-order valence-corrected chi connectivity index (χ0v) is 12.4. The third kappa shape index (κ3) is 3.88. The van der Waals surface area contributed by atoms with E-state index in [1.807, 2.05) is 0 Å². The number of methoxy groups -OCH3 is 1. The molecular formula is C13H20ClN3O2. The average Bonchev–Trinajstić information content (AvgIpc) is 2.43.